The highest BCUT2D eigenvalue weighted by Gasteiger charge is 2.31. The number of alkyl halides is 3. The summed E-state index contributed by atoms with van der Waals surface area (Å²) in [6.07, 6.45) is 0.854. The molecule has 0 spiro atoms. The third kappa shape index (κ3) is 11.1. The van der Waals surface area contributed by atoms with Crippen LogP contribution in [0.3, 0.4) is 0 Å². The summed E-state index contributed by atoms with van der Waals surface area (Å²) < 4.78 is 52.8. The van der Waals surface area contributed by atoms with Crippen molar-refractivity contribution in [2.75, 3.05) is 32.8 Å². The predicted molar refractivity (Wildman–Crippen MR) is 182 cm³/mol. The minimum absolute atomic E-state index is 0. The fourth-order valence-corrected chi connectivity index (χ4v) is 5.43. The van der Waals surface area contributed by atoms with Crippen molar-refractivity contribution in [1.82, 2.24) is 14.8 Å². The molecule has 1 saturated heterocycles. The first-order valence-electron chi connectivity index (χ1n) is 14.9. The molecule has 0 aliphatic carbocycles. The molecule has 0 saturated carbocycles. The Kier molecular flexibility index (Phi) is 13.0. The highest BCUT2D eigenvalue weighted by atomic mass is 35.5. The van der Waals surface area contributed by atoms with Crippen LogP contribution in [0.5, 0.6) is 23.1 Å². The van der Waals surface area contributed by atoms with E-state index >= 15 is 0 Å². The Balaban J connectivity index is 0.00000520. The number of carbonyl (C=O) groups is 1. The van der Waals surface area contributed by atoms with E-state index in [1.54, 1.807) is 47.5 Å². The Morgan fingerprint density at radius 2 is 1.58 bits per heavy atom. The standard InChI is InChI=1S/C35H32Cl2F3N3O4.ClH/c1-24-20-27(6-13-33(44)43-17-15-42(16-18-43)23-26-4-9-29(10-5-26)47-35(38,39)40)21-31(37)34(24)46-32-12-11-30(22-41-32)45-19-14-25-2-7-28(36)8-3-25;/h2-13,20-22H,14-19,23H2,1H3;1H/b13-6+;. The summed E-state index contributed by atoms with van der Waals surface area (Å²) in [7, 11) is 0. The molecular weight excluding hydrogens is 690 g/mol. The van der Waals surface area contributed by atoms with Crippen molar-refractivity contribution in [3.05, 3.63) is 117 Å². The van der Waals surface area contributed by atoms with Crippen molar-refractivity contribution in [2.24, 2.45) is 0 Å². The van der Waals surface area contributed by atoms with Gasteiger partial charge in [0, 0.05) is 56.3 Å². The van der Waals surface area contributed by atoms with E-state index in [9.17, 15) is 18.0 Å². The van der Waals surface area contributed by atoms with Gasteiger partial charge in [0.2, 0.25) is 11.8 Å². The Bertz CT molecular complexity index is 1660. The van der Waals surface area contributed by atoms with E-state index in [0.29, 0.717) is 66.8 Å². The van der Waals surface area contributed by atoms with Gasteiger partial charge in [0.15, 0.2) is 5.75 Å². The SMILES string of the molecule is Cc1cc(/C=C/C(=O)N2CCN(Cc3ccc(OC(F)(F)F)cc3)CC2)cc(Cl)c1Oc1ccc(OCCc2ccc(Cl)cc2)cn1.Cl. The molecule has 48 heavy (non-hydrogen) atoms. The molecule has 7 nitrogen and oxygen atoms in total. The Hall–Kier alpha value is -3.96. The Labute approximate surface area is 293 Å². The average molecular weight is 723 g/mol. The van der Waals surface area contributed by atoms with Crippen molar-refractivity contribution in [1.29, 1.82) is 0 Å². The zero-order valence-electron chi connectivity index (χ0n) is 25.9. The number of rotatable bonds is 11. The number of amides is 1. The number of benzene rings is 3. The molecule has 5 rings (SSSR count). The van der Waals surface area contributed by atoms with Crippen molar-refractivity contribution in [2.45, 2.75) is 26.3 Å². The molecule has 0 bridgehead atoms. The van der Waals surface area contributed by atoms with Crippen LogP contribution in [0.1, 0.15) is 22.3 Å². The summed E-state index contributed by atoms with van der Waals surface area (Å²) in [4.78, 5) is 21.1. The van der Waals surface area contributed by atoms with E-state index < -0.39 is 6.36 Å². The smallest absolute Gasteiger partial charge is 0.492 e. The fraction of sp³-hybridized carbons (Fsp3) is 0.257. The number of hydrogen-bond donors (Lipinski definition) is 0. The number of pyridine rings is 1. The minimum atomic E-state index is -4.72. The quantitative estimate of drug-likeness (QED) is 0.144. The van der Waals surface area contributed by atoms with Gasteiger partial charge >= 0.3 is 6.36 Å². The highest BCUT2D eigenvalue weighted by molar-refractivity contribution is 6.32. The van der Waals surface area contributed by atoms with Gasteiger partial charge < -0.3 is 19.1 Å². The molecule has 0 radical (unpaired) electrons. The Morgan fingerprint density at radius 1 is 0.917 bits per heavy atom. The number of halogens is 6. The van der Waals surface area contributed by atoms with Gasteiger partial charge in [-0.25, -0.2) is 4.98 Å². The second-order valence-corrected chi connectivity index (χ2v) is 11.8. The predicted octanol–water partition coefficient (Wildman–Crippen LogP) is 8.79. The molecule has 1 amide bonds. The summed E-state index contributed by atoms with van der Waals surface area (Å²) in [5.74, 6) is 1.08. The zero-order valence-corrected chi connectivity index (χ0v) is 28.2. The van der Waals surface area contributed by atoms with Gasteiger partial charge in [0.25, 0.3) is 0 Å². The van der Waals surface area contributed by atoms with Gasteiger partial charge in [-0.1, -0.05) is 47.5 Å². The lowest BCUT2D eigenvalue weighted by Crippen LogP contribution is -2.47. The number of carbonyl (C=O) groups excluding carboxylic acids is 1. The molecule has 2 heterocycles. The number of aryl methyl sites for hydroxylation is 1. The first-order chi connectivity index (χ1) is 22.5. The van der Waals surface area contributed by atoms with E-state index in [0.717, 1.165) is 28.7 Å². The third-order valence-corrected chi connectivity index (χ3v) is 7.94. The summed E-state index contributed by atoms with van der Waals surface area (Å²) in [6.45, 7) is 5.27. The number of hydrogen-bond acceptors (Lipinski definition) is 6. The van der Waals surface area contributed by atoms with Crippen LogP contribution in [-0.4, -0.2) is 59.8 Å². The number of piperazine rings is 1. The van der Waals surface area contributed by atoms with Gasteiger partial charge in [-0.15, -0.1) is 25.6 Å². The molecule has 1 aromatic heterocycles. The molecule has 0 atom stereocenters. The summed E-state index contributed by atoms with van der Waals surface area (Å²) in [5.41, 5.74) is 3.52. The third-order valence-electron chi connectivity index (χ3n) is 7.41. The molecule has 0 unspecified atom stereocenters. The van der Waals surface area contributed by atoms with Crippen molar-refractivity contribution in [3.8, 4) is 23.1 Å². The van der Waals surface area contributed by atoms with Crippen LogP contribution in [0.25, 0.3) is 6.08 Å². The first kappa shape index (κ1) is 36.9. The van der Waals surface area contributed by atoms with Crippen LogP contribution in [0.15, 0.2) is 85.1 Å². The molecule has 1 aliphatic heterocycles. The number of aromatic nitrogens is 1. The van der Waals surface area contributed by atoms with Crippen molar-refractivity contribution in [3.63, 3.8) is 0 Å². The van der Waals surface area contributed by atoms with Crippen LogP contribution < -0.4 is 14.2 Å². The fourth-order valence-electron chi connectivity index (χ4n) is 4.99. The van der Waals surface area contributed by atoms with Gasteiger partial charge in [-0.3, -0.25) is 9.69 Å². The second kappa shape index (κ2) is 16.9. The van der Waals surface area contributed by atoms with Crippen LogP contribution in [-0.2, 0) is 17.8 Å². The number of ether oxygens (including phenoxy) is 3. The van der Waals surface area contributed by atoms with E-state index in [1.807, 2.05) is 37.3 Å². The van der Waals surface area contributed by atoms with Gasteiger partial charge in [-0.2, -0.15) is 0 Å². The van der Waals surface area contributed by atoms with Crippen LogP contribution in [0.4, 0.5) is 13.2 Å². The lowest BCUT2D eigenvalue weighted by molar-refractivity contribution is -0.274. The van der Waals surface area contributed by atoms with Gasteiger partial charge in [-0.05, 0) is 77.7 Å². The maximum atomic E-state index is 12.9. The zero-order chi connectivity index (χ0) is 33.4. The van der Waals surface area contributed by atoms with Gasteiger partial charge in [0.05, 0.1) is 17.8 Å². The molecule has 1 fully saturated rings. The lowest BCUT2D eigenvalue weighted by Gasteiger charge is -2.34. The van der Waals surface area contributed by atoms with Crippen LogP contribution in [0, 0.1) is 6.92 Å². The lowest BCUT2D eigenvalue weighted by atomic mass is 10.1. The highest BCUT2D eigenvalue weighted by Crippen LogP contribution is 2.34. The molecule has 254 valence electrons. The minimum Gasteiger partial charge on any atom is -0.492 e. The van der Waals surface area contributed by atoms with E-state index in [4.69, 9.17) is 32.7 Å². The van der Waals surface area contributed by atoms with Crippen molar-refractivity contribution < 1.29 is 32.2 Å². The molecule has 13 heteroatoms. The van der Waals surface area contributed by atoms with Crippen molar-refractivity contribution >= 4 is 47.6 Å². The molecule has 0 N–H and O–H groups in total. The van der Waals surface area contributed by atoms with Crippen LogP contribution >= 0.6 is 35.6 Å². The monoisotopic (exact) mass is 721 g/mol. The number of nitrogens with zero attached hydrogens (tertiary/aromatic N) is 3. The molecular formula is C35H33Cl3F3N3O4. The second-order valence-electron chi connectivity index (χ2n) is 10.9. The first-order valence-corrected chi connectivity index (χ1v) is 15.6. The summed E-state index contributed by atoms with van der Waals surface area (Å²) >= 11 is 12.5. The van der Waals surface area contributed by atoms with E-state index in [-0.39, 0.29) is 24.1 Å². The topological polar surface area (TPSA) is 64.1 Å². The summed E-state index contributed by atoms with van der Waals surface area (Å²) in [5, 5.41) is 1.08. The molecule has 4 aromatic rings. The molecule has 3 aromatic carbocycles. The average Bonchev–Trinajstić information content (AvgIpc) is 3.04. The van der Waals surface area contributed by atoms with E-state index in [2.05, 4.69) is 14.6 Å². The molecule has 1 aliphatic rings. The largest absolute Gasteiger partial charge is 0.573 e. The maximum Gasteiger partial charge on any atom is 0.573 e. The summed E-state index contributed by atoms with van der Waals surface area (Å²) in [6, 6.07) is 20.6. The maximum absolute atomic E-state index is 12.9. The normalized spacial score (nSPS) is 13.7. The van der Waals surface area contributed by atoms with E-state index in [1.165, 1.54) is 18.2 Å². The Morgan fingerprint density at radius 3 is 2.21 bits per heavy atom. The van der Waals surface area contributed by atoms with Gasteiger partial charge in [0.1, 0.15) is 11.5 Å². The van der Waals surface area contributed by atoms with Crippen LogP contribution in [0.2, 0.25) is 10.0 Å².